The van der Waals surface area contributed by atoms with Crippen LogP contribution in [0.5, 0.6) is 0 Å². The van der Waals surface area contributed by atoms with E-state index in [9.17, 15) is 28.0 Å². The van der Waals surface area contributed by atoms with Crippen molar-refractivity contribution in [3.63, 3.8) is 0 Å². The average molecular weight is 499 g/mol. The predicted octanol–water partition coefficient (Wildman–Crippen LogP) is 1.91. The third-order valence-electron chi connectivity index (χ3n) is 4.83. The number of hydrogen-bond donors (Lipinski definition) is 4. The van der Waals surface area contributed by atoms with Crippen molar-refractivity contribution in [3.05, 3.63) is 35.4 Å². The summed E-state index contributed by atoms with van der Waals surface area (Å²) in [5.41, 5.74) is -0.746. The van der Waals surface area contributed by atoms with Crippen LogP contribution in [-0.2, 0) is 25.5 Å². The van der Waals surface area contributed by atoms with Crippen molar-refractivity contribution in [1.29, 1.82) is 0 Å². The molecule has 1 saturated heterocycles. The Balaban J connectivity index is 1.79. The van der Waals surface area contributed by atoms with E-state index in [-0.39, 0.29) is 24.9 Å². The van der Waals surface area contributed by atoms with Gasteiger partial charge in [-0.05, 0) is 63.8 Å². The van der Waals surface area contributed by atoms with Gasteiger partial charge in [-0.25, -0.2) is 18.4 Å². The zero-order valence-electron chi connectivity index (χ0n) is 20.0. The maximum Gasteiger partial charge on any atom is 0.408 e. The molecule has 4 N–H and O–H groups in total. The van der Waals surface area contributed by atoms with Gasteiger partial charge >= 0.3 is 12.2 Å². The molecule has 0 aromatic heterocycles. The Morgan fingerprint density at radius 2 is 1.86 bits per heavy atom. The molecule has 35 heavy (non-hydrogen) atoms. The third-order valence-corrected chi connectivity index (χ3v) is 4.83. The zero-order valence-corrected chi connectivity index (χ0v) is 20.0. The quantitative estimate of drug-likeness (QED) is 0.344. The second-order valence-electron chi connectivity index (χ2n) is 9.11. The van der Waals surface area contributed by atoms with Gasteiger partial charge in [-0.1, -0.05) is 0 Å². The van der Waals surface area contributed by atoms with E-state index in [4.69, 9.17) is 9.47 Å². The van der Waals surface area contributed by atoms with Crippen molar-refractivity contribution in [1.82, 2.24) is 21.3 Å². The first-order valence-electron chi connectivity index (χ1n) is 11.4. The number of rotatable bonds is 11. The second-order valence-corrected chi connectivity index (χ2v) is 9.11. The fourth-order valence-corrected chi connectivity index (χ4v) is 3.25. The van der Waals surface area contributed by atoms with E-state index < -0.39 is 53.4 Å². The van der Waals surface area contributed by atoms with Crippen molar-refractivity contribution in [2.45, 2.75) is 64.2 Å². The summed E-state index contributed by atoms with van der Waals surface area (Å²) in [4.78, 5) is 47.4. The summed E-state index contributed by atoms with van der Waals surface area (Å²) >= 11 is 0. The largest absolute Gasteiger partial charge is 0.444 e. The summed E-state index contributed by atoms with van der Waals surface area (Å²) < 4.78 is 37.7. The minimum absolute atomic E-state index is 0.0257. The number of cyclic esters (lactones) is 1. The van der Waals surface area contributed by atoms with Gasteiger partial charge in [-0.3, -0.25) is 9.59 Å². The van der Waals surface area contributed by atoms with Crippen LogP contribution in [0.3, 0.4) is 0 Å². The Morgan fingerprint density at radius 1 is 1.17 bits per heavy atom. The maximum atomic E-state index is 14.1. The lowest BCUT2D eigenvalue weighted by Crippen LogP contribution is -2.43. The first-order chi connectivity index (χ1) is 16.4. The van der Waals surface area contributed by atoms with E-state index in [1.54, 1.807) is 20.8 Å². The summed E-state index contributed by atoms with van der Waals surface area (Å²) in [6.45, 7) is 5.81. The molecule has 1 fully saturated rings. The molecule has 1 aromatic rings. The molecule has 0 bridgehead atoms. The molecular weight excluding hydrogens is 466 g/mol. The summed E-state index contributed by atoms with van der Waals surface area (Å²) in [6, 6.07) is 2.17. The smallest absolute Gasteiger partial charge is 0.408 e. The number of carbonyl (C=O) groups is 4. The molecule has 0 radical (unpaired) electrons. The summed E-state index contributed by atoms with van der Waals surface area (Å²) in [5, 5.41) is 10.3. The van der Waals surface area contributed by atoms with Crippen LogP contribution < -0.4 is 21.3 Å². The number of hydrogen-bond acceptors (Lipinski definition) is 6. The van der Waals surface area contributed by atoms with E-state index in [0.29, 0.717) is 25.9 Å². The van der Waals surface area contributed by atoms with Gasteiger partial charge in [0, 0.05) is 25.6 Å². The molecule has 2 rings (SSSR count). The molecule has 194 valence electrons. The molecule has 1 aliphatic rings. The topological polar surface area (TPSA) is 135 Å². The summed E-state index contributed by atoms with van der Waals surface area (Å²) in [5.74, 6) is -2.06. The number of alkyl carbamates (subject to hydrolysis) is 2. The van der Waals surface area contributed by atoms with Gasteiger partial charge < -0.3 is 30.7 Å². The van der Waals surface area contributed by atoms with Gasteiger partial charge in [-0.2, -0.15) is 0 Å². The van der Waals surface area contributed by atoms with Crippen molar-refractivity contribution in [3.8, 4) is 0 Å². The molecule has 1 unspecified atom stereocenters. The predicted molar refractivity (Wildman–Crippen MR) is 121 cm³/mol. The fourth-order valence-electron chi connectivity index (χ4n) is 3.25. The van der Waals surface area contributed by atoms with Crippen molar-refractivity contribution in [2.75, 3.05) is 19.6 Å². The van der Waals surface area contributed by atoms with E-state index >= 15 is 0 Å². The highest BCUT2D eigenvalue weighted by molar-refractivity contribution is 5.86. The number of amides is 4. The molecule has 1 aliphatic heterocycles. The van der Waals surface area contributed by atoms with Crippen LogP contribution in [0.2, 0.25) is 0 Å². The Labute approximate surface area is 202 Å². The molecule has 0 aliphatic carbocycles. The van der Waals surface area contributed by atoms with Crippen LogP contribution in [0, 0.1) is 11.6 Å². The van der Waals surface area contributed by atoms with E-state index in [2.05, 4.69) is 21.3 Å². The normalized spacial score (nSPS) is 16.0. The summed E-state index contributed by atoms with van der Waals surface area (Å²) in [7, 11) is 0. The molecular formula is C23H32F2N4O6. The zero-order chi connectivity index (χ0) is 26.0. The first kappa shape index (κ1) is 27.8. The number of ether oxygens (including phenoxy) is 2. The average Bonchev–Trinajstić information content (AvgIpc) is 3.18. The van der Waals surface area contributed by atoms with Gasteiger partial charge in [0.25, 0.3) is 5.91 Å². The molecule has 10 nitrogen and oxygen atoms in total. The van der Waals surface area contributed by atoms with Gasteiger partial charge in [0.1, 0.15) is 17.2 Å². The highest BCUT2D eigenvalue weighted by Crippen LogP contribution is 2.14. The Morgan fingerprint density at radius 3 is 2.49 bits per heavy atom. The van der Waals surface area contributed by atoms with Gasteiger partial charge in [-0.15, -0.1) is 0 Å². The lowest BCUT2D eigenvalue weighted by Gasteiger charge is -2.23. The van der Waals surface area contributed by atoms with Crippen molar-refractivity contribution >= 4 is 24.0 Å². The molecule has 1 heterocycles. The van der Waals surface area contributed by atoms with Crippen LogP contribution in [0.25, 0.3) is 0 Å². The number of halogens is 2. The Hall–Kier alpha value is -3.44. The van der Waals surface area contributed by atoms with Crippen LogP contribution in [0.15, 0.2) is 18.2 Å². The van der Waals surface area contributed by atoms with E-state index in [0.717, 1.165) is 18.2 Å². The molecule has 4 amide bonds. The molecule has 1 aromatic carbocycles. The van der Waals surface area contributed by atoms with E-state index in [1.807, 2.05) is 0 Å². The highest BCUT2D eigenvalue weighted by atomic mass is 19.1. The molecule has 12 heteroatoms. The third kappa shape index (κ3) is 10.6. The van der Waals surface area contributed by atoms with E-state index in [1.165, 1.54) is 0 Å². The minimum atomic E-state index is -0.848. The Kier molecular flexibility index (Phi) is 10.2. The molecule has 2 atom stereocenters. The number of unbranched alkanes of at least 4 members (excludes halogenated alkanes) is 1. The van der Waals surface area contributed by atoms with Gasteiger partial charge in [0.15, 0.2) is 6.10 Å². The van der Waals surface area contributed by atoms with Gasteiger partial charge in [0.2, 0.25) is 5.91 Å². The molecule has 0 saturated carbocycles. The maximum absolute atomic E-state index is 14.1. The van der Waals surface area contributed by atoms with Crippen LogP contribution in [0.1, 0.15) is 45.6 Å². The first-order valence-corrected chi connectivity index (χ1v) is 11.4. The molecule has 0 spiro atoms. The SMILES string of the molecule is CC(C)(C)OC(=O)NC(CC(=O)NCCCCNC(=O)[C@@H]1CNC(=O)O1)Cc1cc(F)ccc1F. The highest BCUT2D eigenvalue weighted by Gasteiger charge is 2.28. The van der Waals surface area contributed by atoms with Crippen LogP contribution in [0.4, 0.5) is 18.4 Å². The Bertz CT molecular complexity index is 922. The van der Waals surface area contributed by atoms with Crippen LogP contribution in [-0.4, -0.2) is 61.4 Å². The van der Waals surface area contributed by atoms with Crippen LogP contribution >= 0.6 is 0 Å². The number of benzene rings is 1. The lowest BCUT2D eigenvalue weighted by molar-refractivity contribution is -0.127. The minimum Gasteiger partial charge on any atom is -0.444 e. The fraction of sp³-hybridized carbons (Fsp3) is 0.565. The number of nitrogens with one attached hydrogen (secondary N) is 4. The number of carbonyl (C=O) groups excluding carboxylic acids is 4. The van der Waals surface area contributed by atoms with Crippen molar-refractivity contribution < 1.29 is 37.4 Å². The monoisotopic (exact) mass is 498 g/mol. The van der Waals surface area contributed by atoms with Gasteiger partial charge in [0.05, 0.1) is 6.54 Å². The lowest BCUT2D eigenvalue weighted by atomic mass is 10.0. The second kappa shape index (κ2) is 12.9. The standard InChI is InChI=1S/C23H32F2N4O6/c1-23(2,3)35-22(33)29-16(11-14-10-15(24)6-7-17(14)25)12-19(30)26-8-4-5-9-27-20(31)18-13-28-21(32)34-18/h6-7,10,16,18H,4-5,8-9,11-13H2,1-3H3,(H,26,30)(H,27,31)(H,28,32)(H,29,33)/t16?,18-/m0/s1. The summed E-state index contributed by atoms with van der Waals surface area (Å²) in [6.07, 6.45) is -1.42. The van der Waals surface area contributed by atoms with Crippen molar-refractivity contribution in [2.24, 2.45) is 0 Å².